The molecule has 0 radical (unpaired) electrons. The van der Waals surface area contributed by atoms with Gasteiger partial charge >= 0.3 is 0 Å². The van der Waals surface area contributed by atoms with Crippen LogP contribution in [0, 0.1) is 0 Å². The molecule has 0 atom stereocenters. The topological polar surface area (TPSA) is 64.8 Å². The van der Waals surface area contributed by atoms with Crippen LogP contribution in [0.5, 0.6) is 11.5 Å². The zero-order valence-corrected chi connectivity index (χ0v) is 15.3. The molecule has 6 nitrogen and oxygen atoms in total. The molecule has 2 heterocycles. The number of methoxy groups -OCH3 is 2. The third kappa shape index (κ3) is 3.03. The third-order valence-electron chi connectivity index (χ3n) is 4.80. The minimum absolute atomic E-state index is 0.100. The van der Waals surface area contributed by atoms with Crippen molar-refractivity contribution in [3.05, 3.63) is 65.4 Å². The zero-order valence-electron chi connectivity index (χ0n) is 15.3. The van der Waals surface area contributed by atoms with E-state index in [4.69, 9.17) is 14.0 Å². The summed E-state index contributed by atoms with van der Waals surface area (Å²) >= 11 is 0. The van der Waals surface area contributed by atoms with E-state index in [1.807, 2.05) is 30.3 Å². The van der Waals surface area contributed by atoms with Crippen LogP contribution in [0.25, 0.3) is 11.3 Å². The van der Waals surface area contributed by atoms with Crippen molar-refractivity contribution < 1.29 is 18.8 Å². The number of benzene rings is 2. The summed E-state index contributed by atoms with van der Waals surface area (Å²) in [7, 11) is 3.10. The molecular formula is C21H20N2O4. The van der Waals surface area contributed by atoms with Gasteiger partial charge in [-0.25, -0.2) is 0 Å². The van der Waals surface area contributed by atoms with Gasteiger partial charge < -0.3 is 18.9 Å². The standard InChI is InChI=1S/C21H20N2O4/c1-25-18-10-6-9-15(20(18)26-2)21(24)23-12-11-17-16(13-23)19(22-27-17)14-7-4-3-5-8-14/h3-10H,11-13H2,1-2H3. The first-order chi connectivity index (χ1) is 13.2. The van der Waals surface area contributed by atoms with E-state index < -0.39 is 0 Å². The van der Waals surface area contributed by atoms with Crippen LogP contribution in [0.1, 0.15) is 21.7 Å². The van der Waals surface area contributed by atoms with Crippen LogP contribution in [0.15, 0.2) is 53.1 Å². The minimum atomic E-state index is -0.100. The van der Waals surface area contributed by atoms with Crippen molar-refractivity contribution in [1.82, 2.24) is 10.1 Å². The van der Waals surface area contributed by atoms with Crippen LogP contribution in [0.4, 0.5) is 0 Å². The maximum Gasteiger partial charge on any atom is 0.258 e. The Labute approximate surface area is 157 Å². The average molecular weight is 364 g/mol. The molecule has 0 spiro atoms. The number of hydrogen-bond acceptors (Lipinski definition) is 5. The Morgan fingerprint density at radius 1 is 1.07 bits per heavy atom. The Hall–Kier alpha value is -3.28. The van der Waals surface area contributed by atoms with Crippen LogP contribution >= 0.6 is 0 Å². The van der Waals surface area contributed by atoms with E-state index in [2.05, 4.69) is 5.16 Å². The highest BCUT2D eigenvalue weighted by atomic mass is 16.5. The molecule has 1 aliphatic heterocycles. The predicted octanol–water partition coefficient (Wildman–Crippen LogP) is 3.56. The number of ether oxygens (including phenoxy) is 2. The largest absolute Gasteiger partial charge is 0.493 e. The zero-order chi connectivity index (χ0) is 18.8. The second-order valence-corrected chi connectivity index (χ2v) is 6.32. The average Bonchev–Trinajstić information content (AvgIpc) is 3.16. The van der Waals surface area contributed by atoms with E-state index in [0.29, 0.717) is 36.6 Å². The SMILES string of the molecule is COc1cccc(C(=O)N2CCc3onc(-c4ccccc4)c3C2)c1OC. The van der Waals surface area contributed by atoms with Gasteiger partial charge in [-0.15, -0.1) is 0 Å². The number of nitrogens with zero attached hydrogens (tertiary/aromatic N) is 2. The van der Waals surface area contributed by atoms with Gasteiger partial charge in [0.1, 0.15) is 11.5 Å². The van der Waals surface area contributed by atoms with E-state index >= 15 is 0 Å². The van der Waals surface area contributed by atoms with Gasteiger partial charge in [0.15, 0.2) is 11.5 Å². The lowest BCUT2D eigenvalue weighted by Crippen LogP contribution is -2.36. The highest BCUT2D eigenvalue weighted by molar-refractivity contribution is 5.98. The monoisotopic (exact) mass is 364 g/mol. The quantitative estimate of drug-likeness (QED) is 0.708. The number of para-hydroxylation sites is 1. The number of fused-ring (bicyclic) bond motifs is 1. The molecule has 138 valence electrons. The molecule has 0 fully saturated rings. The Morgan fingerprint density at radius 3 is 2.63 bits per heavy atom. The summed E-state index contributed by atoms with van der Waals surface area (Å²) in [6.45, 7) is 1.01. The number of carbonyl (C=O) groups is 1. The molecule has 27 heavy (non-hydrogen) atoms. The summed E-state index contributed by atoms with van der Waals surface area (Å²) in [6.07, 6.45) is 0.632. The summed E-state index contributed by atoms with van der Waals surface area (Å²) in [4.78, 5) is 15.0. The summed E-state index contributed by atoms with van der Waals surface area (Å²) in [5.74, 6) is 1.73. The Morgan fingerprint density at radius 2 is 1.89 bits per heavy atom. The van der Waals surface area contributed by atoms with Gasteiger partial charge in [0.25, 0.3) is 5.91 Å². The smallest absolute Gasteiger partial charge is 0.258 e. The lowest BCUT2D eigenvalue weighted by molar-refractivity contribution is 0.0725. The molecule has 0 saturated carbocycles. The molecule has 0 N–H and O–H groups in total. The van der Waals surface area contributed by atoms with Crippen LogP contribution in [-0.4, -0.2) is 36.7 Å². The molecule has 0 saturated heterocycles. The molecule has 6 heteroatoms. The van der Waals surface area contributed by atoms with E-state index in [1.54, 1.807) is 30.2 Å². The molecule has 3 aromatic rings. The first kappa shape index (κ1) is 17.1. The van der Waals surface area contributed by atoms with Gasteiger partial charge in [0.05, 0.1) is 26.3 Å². The van der Waals surface area contributed by atoms with Crippen molar-refractivity contribution >= 4 is 5.91 Å². The van der Waals surface area contributed by atoms with E-state index in [-0.39, 0.29) is 5.91 Å². The van der Waals surface area contributed by atoms with Crippen LogP contribution < -0.4 is 9.47 Å². The lowest BCUT2D eigenvalue weighted by atomic mass is 10.0. The molecule has 1 aromatic heterocycles. The number of rotatable bonds is 4. The van der Waals surface area contributed by atoms with Crippen molar-refractivity contribution in [2.75, 3.05) is 20.8 Å². The van der Waals surface area contributed by atoms with Crippen molar-refractivity contribution in [2.24, 2.45) is 0 Å². The van der Waals surface area contributed by atoms with Gasteiger partial charge in [-0.1, -0.05) is 41.6 Å². The second-order valence-electron chi connectivity index (χ2n) is 6.32. The predicted molar refractivity (Wildman–Crippen MR) is 99.9 cm³/mol. The fourth-order valence-electron chi connectivity index (χ4n) is 3.43. The van der Waals surface area contributed by atoms with E-state index in [1.165, 1.54) is 7.11 Å². The third-order valence-corrected chi connectivity index (χ3v) is 4.80. The Kier molecular flexibility index (Phi) is 4.54. The molecule has 1 aliphatic rings. The van der Waals surface area contributed by atoms with Crippen molar-refractivity contribution in [3.63, 3.8) is 0 Å². The minimum Gasteiger partial charge on any atom is -0.493 e. The van der Waals surface area contributed by atoms with E-state index in [9.17, 15) is 4.79 Å². The van der Waals surface area contributed by atoms with Gasteiger partial charge in [-0.3, -0.25) is 4.79 Å². The van der Waals surface area contributed by atoms with Crippen LogP contribution in [0.2, 0.25) is 0 Å². The van der Waals surface area contributed by atoms with Crippen molar-refractivity contribution in [1.29, 1.82) is 0 Å². The molecular weight excluding hydrogens is 344 g/mol. The second kappa shape index (κ2) is 7.15. The Bertz CT molecular complexity index is 966. The molecule has 1 amide bonds. The Balaban J connectivity index is 1.66. The molecule has 0 aliphatic carbocycles. The molecule has 4 rings (SSSR count). The summed E-state index contributed by atoms with van der Waals surface area (Å²) in [5, 5.41) is 4.24. The van der Waals surface area contributed by atoms with Crippen LogP contribution in [-0.2, 0) is 13.0 Å². The highest BCUT2D eigenvalue weighted by Gasteiger charge is 2.29. The van der Waals surface area contributed by atoms with Gasteiger partial charge in [0, 0.05) is 24.1 Å². The fourth-order valence-corrected chi connectivity index (χ4v) is 3.43. The summed E-state index contributed by atoms with van der Waals surface area (Å²) < 4.78 is 16.3. The number of hydrogen-bond donors (Lipinski definition) is 0. The van der Waals surface area contributed by atoms with Crippen molar-refractivity contribution in [2.45, 2.75) is 13.0 Å². The molecule has 2 aromatic carbocycles. The first-order valence-electron chi connectivity index (χ1n) is 8.76. The lowest BCUT2D eigenvalue weighted by Gasteiger charge is -2.27. The summed E-state index contributed by atoms with van der Waals surface area (Å²) in [6, 6.07) is 15.2. The number of amides is 1. The van der Waals surface area contributed by atoms with Crippen molar-refractivity contribution in [3.8, 4) is 22.8 Å². The van der Waals surface area contributed by atoms with Gasteiger partial charge in [-0.2, -0.15) is 0 Å². The first-order valence-corrected chi connectivity index (χ1v) is 8.76. The summed E-state index contributed by atoms with van der Waals surface area (Å²) in [5.41, 5.74) is 3.22. The molecule has 0 bridgehead atoms. The van der Waals surface area contributed by atoms with Crippen LogP contribution in [0.3, 0.4) is 0 Å². The maximum atomic E-state index is 13.2. The van der Waals surface area contributed by atoms with Gasteiger partial charge in [-0.05, 0) is 12.1 Å². The van der Waals surface area contributed by atoms with E-state index in [0.717, 1.165) is 22.6 Å². The number of carbonyl (C=O) groups excluding carboxylic acids is 1. The maximum absolute atomic E-state index is 13.2. The fraction of sp³-hybridized carbons (Fsp3) is 0.238. The van der Waals surface area contributed by atoms with Gasteiger partial charge in [0.2, 0.25) is 0 Å². The highest BCUT2D eigenvalue weighted by Crippen LogP contribution is 2.34. The number of aromatic nitrogens is 1. The molecule has 0 unspecified atom stereocenters. The normalized spacial score (nSPS) is 13.2.